The SMILES string of the molecule is CCc1ccc(C(C)(O)c2c(F)c(F)c(F)c(F)c2F)cc1. The third kappa shape index (κ3) is 2.47. The largest absolute Gasteiger partial charge is 0.380 e. The van der Waals surface area contributed by atoms with Crippen molar-refractivity contribution in [1.29, 1.82) is 0 Å². The Labute approximate surface area is 124 Å². The van der Waals surface area contributed by atoms with E-state index in [1.165, 1.54) is 12.1 Å². The number of aryl methyl sites for hydroxylation is 1. The molecule has 1 atom stereocenters. The van der Waals surface area contributed by atoms with Crippen LogP contribution in [-0.2, 0) is 12.0 Å². The molecule has 2 aromatic carbocycles. The first-order valence-electron chi connectivity index (χ1n) is 6.55. The van der Waals surface area contributed by atoms with Crippen LogP contribution in [0.1, 0.15) is 30.5 Å². The van der Waals surface area contributed by atoms with E-state index < -0.39 is 40.3 Å². The van der Waals surface area contributed by atoms with Crippen molar-refractivity contribution < 1.29 is 27.1 Å². The fourth-order valence-corrected chi connectivity index (χ4v) is 2.24. The van der Waals surface area contributed by atoms with Gasteiger partial charge in [0.1, 0.15) is 5.60 Å². The van der Waals surface area contributed by atoms with Gasteiger partial charge in [-0.2, -0.15) is 0 Å². The van der Waals surface area contributed by atoms with Gasteiger partial charge in [0.2, 0.25) is 5.82 Å². The second-order valence-electron chi connectivity index (χ2n) is 5.07. The molecule has 0 fully saturated rings. The fraction of sp³-hybridized carbons (Fsp3) is 0.250. The average molecular weight is 316 g/mol. The lowest BCUT2D eigenvalue weighted by atomic mass is 9.86. The summed E-state index contributed by atoms with van der Waals surface area (Å²) < 4.78 is 67.4. The van der Waals surface area contributed by atoms with Gasteiger partial charge in [0.25, 0.3) is 0 Å². The second-order valence-corrected chi connectivity index (χ2v) is 5.07. The molecule has 0 saturated heterocycles. The lowest BCUT2D eigenvalue weighted by Crippen LogP contribution is -2.28. The van der Waals surface area contributed by atoms with Crippen molar-refractivity contribution in [2.24, 2.45) is 0 Å². The van der Waals surface area contributed by atoms with Gasteiger partial charge in [-0.3, -0.25) is 0 Å². The van der Waals surface area contributed by atoms with Crippen LogP contribution in [-0.4, -0.2) is 5.11 Å². The number of hydrogen-bond donors (Lipinski definition) is 1. The fourth-order valence-electron chi connectivity index (χ4n) is 2.24. The number of rotatable bonds is 3. The summed E-state index contributed by atoms with van der Waals surface area (Å²) in [5.41, 5.74) is -2.71. The minimum atomic E-state index is -2.37. The highest BCUT2D eigenvalue weighted by atomic mass is 19.2. The van der Waals surface area contributed by atoms with Crippen LogP contribution in [0.3, 0.4) is 0 Å². The molecule has 0 aliphatic heterocycles. The molecule has 2 rings (SSSR count). The molecule has 2 aromatic rings. The summed E-state index contributed by atoms with van der Waals surface area (Å²) in [5, 5.41) is 10.4. The van der Waals surface area contributed by atoms with Crippen LogP contribution >= 0.6 is 0 Å². The first-order valence-corrected chi connectivity index (χ1v) is 6.55. The summed E-state index contributed by atoms with van der Waals surface area (Å²) in [4.78, 5) is 0. The normalized spacial score (nSPS) is 14.0. The summed E-state index contributed by atoms with van der Waals surface area (Å²) in [6, 6.07) is 5.99. The molecule has 0 amide bonds. The molecule has 0 bridgehead atoms. The van der Waals surface area contributed by atoms with Crippen molar-refractivity contribution in [2.45, 2.75) is 25.9 Å². The lowest BCUT2D eigenvalue weighted by Gasteiger charge is -2.26. The van der Waals surface area contributed by atoms with E-state index in [4.69, 9.17) is 0 Å². The third-order valence-corrected chi connectivity index (χ3v) is 3.62. The summed E-state index contributed by atoms with van der Waals surface area (Å²) in [5.74, 6) is -10.5. The van der Waals surface area contributed by atoms with E-state index in [0.717, 1.165) is 12.5 Å². The van der Waals surface area contributed by atoms with Gasteiger partial charge in [-0.15, -0.1) is 0 Å². The Kier molecular flexibility index (Phi) is 4.24. The van der Waals surface area contributed by atoms with E-state index in [1.807, 2.05) is 6.92 Å². The molecule has 6 heteroatoms. The Morgan fingerprint density at radius 3 is 1.64 bits per heavy atom. The first-order chi connectivity index (χ1) is 10.2. The number of halogens is 5. The maximum Gasteiger partial charge on any atom is 0.200 e. The molecule has 1 unspecified atom stereocenters. The lowest BCUT2D eigenvalue weighted by molar-refractivity contribution is 0.0904. The Balaban J connectivity index is 2.67. The Morgan fingerprint density at radius 2 is 1.23 bits per heavy atom. The molecule has 0 spiro atoms. The minimum Gasteiger partial charge on any atom is -0.380 e. The summed E-state index contributed by atoms with van der Waals surface area (Å²) in [7, 11) is 0. The molecule has 0 aromatic heterocycles. The molecule has 0 aliphatic rings. The highest BCUT2D eigenvalue weighted by molar-refractivity contribution is 5.39. The molecular formula is C16H13F5O. The zero-order valence-corrected chi connectivity index (χ0v) is 11.9. The minimum absolute atomic E-state index is 0.0212. The van der Waals surface area contributed by atoms with Crippen LogP contribution in [0.4, 0.5) is 22.0 Å². The zero-order valence-electron chi connectivity index (χ0n) is 11.9. The summed E-state index contributed by atoms with van der Waals surface area (Å²) in [6.07, 6.45) is 0.699. The monoisotopic (exact) mass is 316 g/mol. The van der Waals surface area contributed by atoms with Gasteiger partial charge in [-0.25, -0.2) is 22.0 Å². The van der Waals surface area contributed by atoms with E-state index in [1.54, 1.807) is 12.1 Å². The third-order valence-electron chi connectivity index (χ3n) is 3.62. The summed E-state index contributed by atoms with van der Waals surface area (Å²) in [6.45, 7) is 2.86. The van der Waals surface area contributed by atoms with Crippen LogP contribution in [0, 0.1) is 29.1 Å². The van der Waals surface area contributed by atoms with Crippen molar-refractivity contribution >= 4 is 0 Å². The molecule has 118 valence electrons. The van der Waals surface area contributed by atoms with Gasteiger partial charge < -0.3 is 5.11 Å². The molecule has 22 heavy (non-hydrogen) atoms. The van der Waals surface area contributed by atoms with Crippen molar-refractivity contribution in [2.75, 3.05) is 0 Å². The Hall–Kier alpha value is -1.95. The molecule has 0 aliphatic carbocycles. The average Bonchev–Trinajstić information content (AvgIpc) is 2.51. The van der Waals surface area contributed by atoms with Gasteiger partial charge in [-0.1, -0.05) is 31.2 Å². The van der Waals surface area contributed by atoms with Crippen molar-refractivity contribution in [3.8, 4) is 0 Å². The number of aliphatic hydroxyl groups is 1. The topological polar surface area (TPSA) is 20.2 Å². The van der Waals surface area contributed by atoms with E-state index in [0.29, 0.717) is 6.42 Å². The molecular weight excluding hydrogens is 303 g/mol. The van der Waals surface area contributed by atoms with E-state index in [2.05, 4.69) is 0 Å². The van der Waals surface area contributed by atoms with Crippen molar-refractivity contribution in [3.63, 3.8) is 0 Å². The van der Waals surface area contributed by atoms with Crippen LogP contribution in [0.15, 0.2) is 24.3 Å². The first kappa shape index (κ1) is 16.4. The second kappa shape index (κ2) is 5.68. The van der Waals surface area contributed by atoms with Gasteiger partial charge in [0.15, 0.2) is 23.3 Å². The molecule has 0 heterocycles. The zero-order chi connectivity index (χ0) is 16.7. The standard InChI is InChI=1S/C16H13F5O/c1-3-8-4-6-9(7-5-8)16(2,22)10-11(17)13(19)15(21)14(20)12(10)18/h4-7,22H,3H2,1-2H3. The van der Waals surface area contributed by atoms with E-state index in [-0.39, 0.29) is 5.56 Å². The molecule has 0 saturated carbocycles. The molecule has 1 N–H and O–H groups in total. The maximum absolute atomic E-state index is 13.8. The number of hydrogen-bond acceptors (Lipinski definition) is 1. The summed E-state index contributed by atoms with van der Waals surface area (Å²) >= 11 is 0. The smallest absolute Gasteiger partial charge is 0.200 e. The predicted octanol–water partition coefficient (Wildman–Crippen LogP) is 4.20. The quantitative estimate of drug-likeness (QED) is 0.511. The van der Waals surface area contributed by atoms with Crippen LogP contribution in [0.25, 0.3) is 0 Å². The van der Waals surface area contributed by atoms with Crippen molar-refractivity contribution in [1.82, 2.24) is 0 Å². The Bertz CT molecular complexity index is 678. The van der Waals surface area contributed by atoms with Gasteiger partial charge >= 0.3 is 0 Å². The van der Waals surface area contributed by atoms with Gasteiger partial charge in [0, 0.05) is 0 Å². The van der Waals surface area contributed by atoms with E-state index >= 15 is 0 Å². The highest BCUT2D eigenvalue weighted by Crippen LogP contribution is 2.36. The van der Waals surface area contributed by atoms with Crippen LogP contribution in [0.5, 0.6) is 0 Å². The number of benzene rings is 2. The van der Waals surface area contributed by atoms with Crippen molar-refractivity contribution in [3.05, 3.63) is 70.0 Å². The van der Waals surface area contributed by atoms with Crippen LogP contribution in [0.2, 0.25) is 0 Å². The molecule has 1 nitrogen and oxygen atoms in total. The van der Waals surface area contributed by atoms with E-state index in [9.17, 15) is 27.1 Å². The highest BCUT2D eigenvalue weighted by Gasteiger charge is 2.37. The Morgan fingerprint density at radius 1 is 0.818 bits per heavy atom. The predicted molar refractivity (Wildman–Crippen MR) is 70.7 cm³/mol. The van der Waals surface area contributed by atoms with Gasteiger partial charge in [-0.05, 0) is 24.5 Å². The van der Waals surface area contributed by atoms with Crippen LogP contribution < -0.4 is 0 Å². The van der Waals surface area contributed by atoms with Gasteiger partial charge in [0.05, 0.1) is 5.56 Å². The maximum atomic E-state index is 13.8. The molecule has 0 radical (unpaired) electrons.